The first kappa shape index (κ1) is 31.8. The number of pyridine rings is 2. The zero-order valence-electron chi connectivity index (χ0n) is 25.5. The molecule has 1 aliphatic heterocycles. The van der Waals surface area contributed by atoms with Crippen molar-refractivity contribution < 1.29 is 0 Å². The Bertz CT molecular complexity index is 1410. The van der Waals surface area contributed by atoms with Crippen molar-refractivity contribution in [2.75, 3.05) is 0 Å². The molecule has 0 saturated carbocycles. The van der Waals surface area contributed by atoms with Gasteiger partial charge in [0.1, 0.15) is 17.3 Å². The van der Waals surface area contributed by atoms with E-state index in [2.05, 4.69) is 143 Å². The molecule has 2 aromatic heterocycles. The molecule has 0 bridgehead atoms. The van der Waals surface area contributed by atoms with E-state index in [1.807, 2.05) is 0 Å². The minimum Gasteiger partial charge on any atom is -0.249 e. The van der Waals surface area contributed by atoms with Gasteiger partial charge in [-0.1, -0.05) is 138 Å². The number of halogens is 2. The number of nitrogens with zero attached hydrogens (tertiary/aromatic N) is 2. The van der Waals surface area contributed by atoms with Crippen LogP contribution in [0.25, 0.3) is 21.5 Å². The minimum atomic E-state index is -2.35. The Hall–Kier alpha value is -2.60. The summed E-state index contributed by atoms with van der Waals surface area (Å²) in [5.74, 6) is 0. The first-order valence-electron chi connectivity index (χ1n) is 15.9. The summed E-state index contributed by atoms with van der Waals surface area (Å²) in [5.41, 5.74) is 7.91. The molecule has 3 heterocycles. The molecule has 222 valence electrons. The van der Waals surface area contributed by atoms with Crippen LogP contribution in [0.1, 0.15) is 87.5 Å². The Morgan fingerprint density at radius 2 is 0.907 bits per heavy atom. The molecule has 1 aliphatic rings. The molecule has 5 rings (SSSR count). The van der Waals surface area contributed by atoms with Gasteiger partial charge in [0.25, 0.3) is 0 Å². The normalized spacial score (nSPS) is 14.5. The molecule has 2 aromatic carbocycles. The molecule has 43 heavy (non-hydrogen) atoms. The molecule has 0 N–H and O–H groups in total. The summed E-state index contributed by atoms with van der Waals surface area (Å²) in [6.45, 7) is 4.62. The van der Waals surface area contributed by atoms with Crippen LogP contribution in [0.15, 0.2) is 107 Å². The van der Waals surface area contributed by atoms with Crippen molar-refractivity contribution >= 4 is 61.5 Å². The monoisotopic (exact) mass is 712 g/mol. The summed E-state index contributed by atoms with van der Waals surface area (Å²) in [4.78, 5) is 9.62. The quantitative estimate of drug-likeness (QED) is 0.0738. The fourth-order valence-electron chi connectivity index (χ4n) is 6.86. The molecular weight excluding hydrogens is 672 g/mol. The number of hydrogen-bond donors (Lipinski definition) is 0. The SMILES string of the molecule is CCCCCC[Si]1(CCCCCC)C(c2ccc(Br)nc2)=C(c2ccccc2)C(c2ccccc2)=C1c1ccc(Br)nc1. The number of benzene rings is 2. The van der Waals surface area contributed by atoms with Crippen LogP contribution >= 0.6 is 31.9 Å². The molecule has 0 spiro atoms. The largest absolute Gasteiger partial charge is 0.249 e. The third kappa shape index (κ3) is 7.21. The van der Waals surface area contributed by atoms with Crippen LogP contribution < -0.4 is 0 Å². The van der Waals surface area contributed by atoms with Crippen molar-refractivity contribution in [1.82, 2.24) is 9.97 Å². The molecule has 2 nitrogen and oxygen atoms in total. The van der Waals surface area contributed by atoms with E-state index in [1.165, 1.54) is 96.9 Å². The van der Waals surface area contributed by atoms with Crippen LogP contribution in [0.3, 0.4) is 0 Å². The van der Waals surface area contributed by atoms with E-state index in [0.717, 1.165) is 9.21 Å². The third-order valence-electron chi connectivity index (χ3n) is 8.78. The molecule has 0 unspecified atom stereocenters. The maximum Gasteiger partial charge on any atom is 0.121 e. The number of allylic oxidation sites excluding steroid dienone is 2. The molecule has 0 atom stereocenters. The fraction of sp³-hybridized carbons (Fsp3) is 0.316. The Balaban J connectivity index is 1.89. The lowest BCUT2D eigenvalue weighted by Crippen LogP contribution is -2.37. The summed E-state index contributed by atoms with van der Waals surface area (Å²) < 4.78 is 1.76. The van der Waals surface area contributed by atoms with Crippen LogP contribution in [0.5, 0.6) is 0 Å². The second kappa shape index (κ2) is 15.4. The van der Waals surface area contributed by atoms with Crippen LogP contribution in [0, 0.1) is 0 Å². The highest BCUT2D eigenvalue weighted by molar-refractivity contribution is 9.10. The zero-order valence-corrected chi connectivity index (χ0v) is 29.6. The average Bonchev–Trinajstić information content (AvgIpc) is 3.34. The summed E-state index contributed by atoms with van der Waals surface area (Å²) in [7, 11) is -2.35. The summed E-state index contributed by atoms with van der Waals surface area (Å²) in [6.07, 6.45) is 14.4. The average molecular weight is 715 g/mol. The Morgan fingerprint density at radius 3 is 1.26 bits per heavy atom. The van der Waals surface area contributed by atoms with Gasteiger partial charge in [-0.05, 0) is 99.9 Å². The van der Waals surface area contributed by atoms with Crippen LogP contribution in [-0.2, 0) is 0 Å². The van der Waals surface area contributed by atoms with E-state index in [-0.39, 0.29) is 0 Å². The highest BCUT2D eigenvalue weighted by Crippen LogP contribution is 2.59. The lowest BCUT2D eigenvalue weighted by molar-refractivity contribution is 0.685. The van der Waals surface area contributed by atoms with Gasteiger partial charge in [0.05, 0.1) is 0 Å². The second-order valence-electron chi connectivity index (χ2n) is 11.7. The Labute approximate surface area is 276 Å². The first-order valence-corrected chi connectivity index (χ1v) is 19.9. The van der Waals surface area contributed by atoms with Crippen molar-refractivity contribution in [3.05, 3.63) is 129 Å². The summed E-state index contributed by atoms with van der Waals surface area (Å²) in [6, 6.07) is 33.6. The zero-order chi connectivity index (χ0) is 30.1. The van der Waals surface area contributed by atoms with Crippen molar-refractivity contribution in [3.63, 3.8) is 0 Å². The third-order valence-corrected chi connectivity index (χ3v) is 15.1. The standard InChI is InChI=1S/C38H42Br2N2Si/c1-3-5-7-15-25-43(26-16-8-6-4-2)37(31-21-23-33(39)41-27-31)35(29-17-11-9-12-18-29)36(30-19-13-10-14-20-30)38(43)32-22-24-34(40)42-28-32/h9-14,17-24,27-28H,3-8,15-16,25-26H2,1-2H3. The number of hydrogen-bond acceptors (Lipinski definition) is 2. The highest BCUT2D eigenvalue weighted by atomic mass is 79.9. The number of rotatable bonds is 14. The van der Waals surface area contributed by atoms with Crippen LogP contribution in [0.4, 0.5) is 0 Å². The first-order chi connectivity index (χ1) is 21.1. The van der Waals surface area contributed by atoms with Gasteiger partial charge >= 0.3 is 0 Å². The van der Waals surface area contributed by atoms with Gasteiger partial charge in [0.15, 0.2) is 0 Å². The van der Waals surface area contributed by atoms with E-state index in [0.29, 0.717) is 0 Å². The van der Waals surface area contributed by atoms with Gasteiger partial charge < -0.3 is 0 Å². The smallest absolute Gasteiger partial charge is 0.121 e. The molecule has 0 aliphatic carbocycles. The summed E-state index contributed by atoms with van der Waals surface area (Å²) >= 11 is 7.25. The van der Waals surface area contributed by atoms with Crippen LogP contribution in [-0.4, -0.2) is 18.0 Å². The topological polar surface area (TPSA) is 25.8 Å². The minimum absolute atomic E-state index is 0.878. The number of aromatic nitrogens is 2. The second-order valence-corrected chi connectivity index (χ2v) is 17.5. The lowest BCUT2D eigenvalue weighted by Gasteiger charge is -2.35. The summed E-state index contributed by atoms with van der Waals surface area (Å²) in [5, 5.41) is 3.12. The molecule has 4 aromatic rings. The van der Waals surface area contributed by atoms with Crippen molar-refractivity contribution in [2.45, 2.75) is 77.3 Å². The number of unbranched alkanes of at least 4 members (excludes halogenated alkanes) is 6. The van der Waals surface area contributed by atoms with Crippen molar-refractivity contribution in [2.24, 2.45) is 0 Å². The van der Waals surface area contributed by atoms with E-state index in [4.69, 9.17) is 9.97 Å². The molecule has 0 amide bonds. The van der Waals surface area contributed by atoms with Crippen molar-refractivity contribution in [3.8, 4) is 0 Å². The van der Waals surface area contributed by atoms with Crippen molar-refractivity contribution in [1.29, 1.82) is 0 Å². The highest BCUT2D eigenvalue weighted by Gasteiger charge is 2.49. The van der Waals surface area contributed by atoms with E-state index >= 15 is 0 Å². The predicted octanol–water partition coefficient (Wildman–Crippen LogP) is 12.2. The molecule has 0 fully saturated rings. The Kier molecular flexibility index (Phi) is 11.4. The maximum atomic E-state index is 4.81. The van der Waals surface area contributed by atoms with Gasteiger partial charge in [-0.15, -0.1) is 0 Å². The molecule has 0 radical (unpaired) electrons. The van der Waals surface area contributed by atoms with Gasteiger partial charge in [-0.25, -0.2) is 9.97 Å². The Morgan fingerprint density at radius 1 is 0.488 bits per heavy atom. The molecule has 5 heteroatoms. The van der Waals surface area contributed by atoms with Crippen LogP contribution in [0.2, 0.25) is 12.1 Å². The molecule has 0 saturated heterocycles. The van der Waals surface area contributed by atoms with Gasteiger partial charge in [-0.2, -0.15) is 0 Å². The predicted molar refractivity (Wildman–Crippen MR) is 194 cm³/mol. The van der Waals surface area contributed by atoms with Gasteiger partial charge in [-0.3, -0.25) is 0 Å². The lowest BCUT2D eigenvalue weighted by atomic mass is 9.89. The van der Waals surface area contributed by atoms with Gasteiger partial charge in [0, 0.05) is 12.4 Å². The van der Waals surface area contributed by atoms with E-state index in [1.54, 1.807) is 10.4 Å². The maximum absolute atomic E-state index is 4.81. The van der Waals surface area contributed by atoms with E-state index < -0.39 is 8.07 Å². The van der Waals surface area contributed by atoms with E-state index in [9.17, 15) is 0 Å². The molecular formula is C38H42Br2N2Si. The fourth-order valence-corrected chi connectivity index (χ4v) is 13.4. The van der Waals surface area contributed by atoms with Gasteiger partial charge in [0.2, 0.25) is 0 Å².